The number of methoxy groups -OCH3 is 3. The van der Waals surface area contributed by atoms with E-state index < -0.39 is 6.04 Å². The van der Waals surface area contributed by atoms with Crippen molar-refractivity contribution < 1.29 is 23.8 Å². The highest BCUT2D eigenvalue weighted by molar-refractivity contribution is 6.04. The number of hydrogen-bond acceptors (Lipinski definition) is 6. The van der Waals surface area contributed by atoms with Crippen LogP contribution in [0.1, 0.15) is 18.2 Å². The quantitative estimate of drug-likeness (QED) is 0.562. The average molecular weight is 436 g/mol. The van der Waals surface area contributed by atoms with Gasteiger partial charge in [0.25, 0.3) is 5.91 Å². The average Bonchev–Trinajstić information content (AvgIpc) is 3.29. The van der Waals surface area contributed by atoms with Crippen molar-refractivity contribution in [2.45, 2.75) is 19.1 Å². The number of aromatic nitrogens is 2. The largest absolute Gasteiger partial charge is 0.497 e. The van der Waals surface area contributed by atoms with Gasteiger partial charge in [-0.25, -0.2) is 4.68 Å². The molecule has 0 fully saturated rings. The lowest BCUT2D eigenvalue weighted by Gasteiger charge is -2.10. The second kappa shape index (κ2) is 9.11. The van der Waals surface area contributed by atoms with Gasteiger partial charge in [-0.05, 0) is 42.0 Å². The van der Waals surface area contributed by atoms with Crippen LogP contribution < -0.4 is 20.1 Å². The normalized spacial score (nSPS) is 14.6. The molecule has 0 saturated carbocycles. The number of nitrogens with one attached hydrogen (secondary N) is 2. The molecule has 1 unspecified atom stereocenters. The summed E-state index contributed by atoms with van der Waals surface area (Å²) >= 11 is 0. The van der Waals surface area contributed by atoms with Crippen molar-refractivity contribution in [2.75, 3.05) is 32.0 Å². The molecule has 0 radical (unpaired) electrons. The van der Waals surface area contributed by atoms with Gasteiger partial charge in [0.1, 0.15) is 23.4 Å². The maximum atomic E-state index is 12.7. The number of fused-ring (bicyclic) bond motifs is 1. The fraction of sp³-hybridized carbons (Fsp3) is 0.261. The van der Waals surface area contributed by atoms with E-state index in [1.54, 1.807) is 50.3 Å². The van der Waals surface area contributed by atoms with Crippen molar-refractivity contribution >= 4 is 23.3 Å². The molecule has 0 spiro atoms. The van der Waals surface area contributed by atoms with Crippen LogP contribution in [0.25, 0.3) is 11.1 Å². The Morgan fingerprint density at radius 2 is 1.84 bits per heavy atom. The Kier molecular flexibility index (Phi) is 6.09. The number of anilines is 2. The van der Waals surface area contributed by atoms with Crippen molar-refractivity contribution in [1.29, 1.82) is 0 Å². The fourth-order valence-corrected chi connectivity index (χ4v) is 3.70. The van der Waals surface area contributed by atoms with Crippen LogP contribution in [0.3, 0.4) is 0 Å². The molecule has 166 valence electrons. The first kappa shape index (κ1) is 21.4. The molecule has 1 aromatic heterocycles. The zero-order valence-corrected chi connectivity index (χ0v) is 18.0. The summed E-state index contributed by atoms with van der Waals surface area (Å²) in [6.07, 6.45) is -0.0590. The number of carbonyl (C=O) groups excluding carboxylic acids is 2. The van der Waals surface area contributed by atoms with Gasteiger partial charge in [0, 0.05) is 12.8 Å². The maximum Gasteiger partial charge on any atom is 0.251 e. The third-order valence-electron chi connectivity index (χ3n) is 5.21. The molecule has 9 heteroatoms. The summed E-state index contributed by atoms with van der Waals surface area (Å²) in [5.41, 5.74) is 2.86. The van der Waals surface area contributed by atoms with Gasteiger partial charge in [0.15, 0.2) is 0 Å². The van der Waals surface area contributed by atoms with E-state index in [0.29, 0.717) is 28.7 Å². The predicted molar refractivity (Wildman–Crippen MR) is 119 cm³/mol. The van der Waals surface area contributed by atoms with Crippen LogP contribution in [-0.4, -0.2) is 42.9 Å². The smallest absolute Gasteiger partial charge is 0.251 e. The third-order valence-corrected chi connectivity index (χ3v) is 5.21. The third kappa shape index (κ3) is 4.15. The van der Waals surface area contributed by atoms with Gasteiger partial charge in [-0.15, -0.1) is 0 Å². The van der Waals surface area contributed by atoms with Crippen LogP contribution in [0.15, 0.2) is 48.5 Å². The number of benzene rings is 2. The van der Waals surface area contributed by atoms with Crippen LogP contribution >= 0.6 is 0 Å². The molecule has 0 aliphatic carbocycles. The minimum atomic E-state index is -0.766. The molecule has 4 rings (SSSR count). The van der Waals surface area contributed by atoms with Crippen LogP contribution in [0.2, 0.25) is 0 Å². The van der Waals surface area contributed by atoms with Crippen LogP contribution in [-0.2, 0) is 20.9 Å². The number of amides is 2. The molecule has 1 aliphatic rings. The Morgan fingerprint density at radius 1 is 1.09 bits per heavy atom. The van der Waals surface area contributed by atoms with E-state index in [2.05, 4.69) is 15.7 Å². The van der Waals surface area contributed by atoms with Crippen LogP contribution in [0, 0.1) is 0 Å². The Hall–Kier alpha value is -3.85. The summed E-state index contributed by atoms with van der Waals surface area (Å²) in [6.45, 7) is 0.257. The lowest BCUT2D eigenvalue weighted by Crippen LogP contribution is -2.24. The first-order valence-corrected chi connectivity index (χ1v) is 10.0. The van der Waals surface area contributed by atoms with Gasteiger partial charge in [0.05, 0.1) is 38.5 Å². The number of hydrogen-bond donors (Lipinski definition) is 2. The maximum absolute atomic E-state index is 12.7. The zero-order chi connectivity index (χ0) is 22.7. The Labute approximate surface area is 185 Å². The van der Waals surface area contributed by atoms with Crippen molar-refractivity contribution in [1.82, 2.24) is 9.78 Å². The first-order chi connectivity index (χ1) is 15.5. The van der Waals surface area contributed by atoms with E-state index in [1.807, 2.05) is 24.3 Å². The van der Waals surface area contributed by atoms with E-state index >= 15 is 0 Å². The van der Waals surface area contributed by atoms with Gasteiger partial charge in [0.2, 0.25) is 5.91 Å². The van der Waals surface area contributed by atoms with Crippen molar-refractivity contribution in [3.05, 3.63) is 54.2 Å². The Bertz CT molecular complexity index is 1140. The molecule has 3 aromatic rings. The van der Waals surface area contributed by atoms with Gasteiger partial charge >= 0.3 is 0 Å². The Morgan fingerprint density at radius 3 is 2.53 bits per heavy atom. The summed E-state index contributed by atoms with van der Waals surface area (Å²) in [7, 11) is 4.75. The van der Waals surface area contributed by atoms with Gasteiger partial charge in [-0.1, -0.05) is 12.1 Å². The van der Waals surface area contributed by atoms with E-state index in [-0.39, 0.29) is 24.8 Å². The molecule has 2 N–H and O–H groups in total. The van der Waals surface area contributed by atoms with E-state index in [4.69, 9.17) is 14.2 Å². The second-order valence-electron chi connectivity index (χ2n) is 7.27. The zero-order valence-electron chi connectivity index (χ0n) is 18.0. The van der Waals surface area contributed by atoms with E-state index in [1.165, 1.54) is 0 Å². The first-order valence-electron chi connectivity index (χ1n) is 10.0. The van der Waals surface area contributed by atoms with Crippen molar-refractivity contribution in [3.63, 3.8) is 0 Å². The summed E-state index contributed by atoms with van der Waals surface area (Å²) in [5.74, 6) is 1.33. The van der Waals surface area contributed by atoms with E-state index in [9.17, 15) is 9.59 Å². The van der Waals surface area contributed by atoms with Crippen LogP contribution in [0.5, 0.6) is 11.5 Å². The van der Waals surface area contributed by atoms with Gasteiger partial charge in [-0.2, -0.15) is 5.10 Å². The summed E-state index contributed by atoms with van der Waals surface area (Å²) in [6, 6.07) is 13.7. The molecule has 32 heavy (non-hydrogen) atoms. The standard InChI is InChI=1S/C23H24N4O5/c1-30-13-18-21(14-5-4-6-17(11-14)32-3)22-25-23(29)19(27(22)26-18)12-20(28)24-15-7-9-16(31-2)10-8-15/h4-11,19H,12-13H2,1-3H3,(H,24,28)(H,25,29). The molecule has 0 bridgehead atoms. The summed E-state index contributed by atoms with van der Waals surface area (Å²) in [5, 5.41) is 10.3. The topological polar surface area (TPSA) is 104 Å². The van der Waals surface area contributed by atoms with E-state index in [0.717, 1.165) is 11.1 Å². The lowest BCUT2D eigenvalue weighted by atomic mass is 10.1. The predicted octanol–water partition coefficient (Wildman–Crippen LogP) is 3.24. The van der Waals surface area contributed by atoms with Gasteiger partial charge in [-0.3, -0.25) is 9.59 Å². The number of ether oxygens (including phenoxy) is 3. The van der Waals surface area contributed by atoms with Gasteiger partial charge < -0.3 is 24.8 Å². The monoisotopic (exact) mass is 436 g/mol. The highest BCUT2D eigenvalue weighted by Gasteiger charge is 2.37. The molecular weight excluding hydrogens is 412 g/mol. The highest BCUT2D eigenvalue weighted by atomic mass is 16.5. The fourth-order valence-electron chi connectivity index (χ4n) is 3.70. The van der Waals surface area contributed by atoms with Crippen molar-refractivity contribution in [2.24, 2.45) is 0 Å². The molecule has 2 aromatic carbocycles. The minimum Gasteiger partial charge on any atom is -0.497 e. The molecule has 9 nitrogen and oxygen atoms in total. The minimum absolute atomic E-state index is 0.0590. The molecule has 0 saturated heterocycles. The molecule has 1 aliphatic heterocycles. The molecule has 1 atom stereocenters. The SMILES string of the molecule is COCc1nn2c(c1-c1cccc(OC)c1)NC(=O)C2CC(=O)Nc1ccc(OC)cc1. The number of rotatable bonds is 8. The number of nitrogens with zero attached hydrogens (tertiary/aromatic N) is 2. The molecule has 2 amide bonds. The highest BCUT2D eigenvalue weighted by Crippen LogP contribution is 2.39. The lowest BCUT2D eigenvalue weighted by molar-refractivity contribution is -0.123. The molecule has 2 heterocycles. The summed E-state index contributed by atoms with van der Waals surface area (Å²) in [4.78, 5) is 25.4. The van der Waals surface area contributed by atoms with Crippen LogP contribution in [0.4, 0.5) is 11.5 Å². The Balaban J connectivity index is 1.60. The summed E-state index contributed by atoms with van der Waals surface area (Å²) < 4.78 is 17.3. The molecular formula is C23H24N4O5. The van der Waals surface area contributed by atoms with Crippen molar-refractivity contribution in [3.8, 4) is 22.6 Å². The number of carbonyl (C=O) groups is 2. The second-order valence-corrected chi connectivity index (χ2v) is 7.27.